The largest absolute Gasteiger partial charge is 0.497 e. The number of hydrazone groups is 1. The van der Waals surface area contributed by atoms with Crippen LogP contribution in [0.2, 0.25) is 0 Å². The lowest BCUT2D eigenvalue weighted by Crippen LogP contribution is -2.32. The van der Waals surface area contributed by atoms with Crippen LogP contribution in [0.15, 0.2) is 29.4 Å². The summed E-state index contributed by atoms with van der Waals surface area (Å²) in [5.74, 6) is 0.168. The highest BCUT2D eigenvalue weighted by molar-refractivity contribution is 6.43. The van der Waals surface area contributed by atoms with Gasteiger partial charge in [-0.25, -0.2) is 5.43 Å². The van der Waals surface area contributed by atoms with Gasteiger partial charge in [-0.3, -0.25) is 9.59 Å². The minimum Gasteiger partial charge on any atom is -0.497 e. The molecule has 100 valence electrons. The molecular weight excluding hydrogens is 246 g/mol. The first-order valence-corrected chi connectivity index (χ1v) is 5.90. The topological polar surface area (TPSA) is 79.8 Å². The highest BCUT2D eigenvalue weighted by atomic mass is 16.5. The quantitative estimate of drug-likeness (QED) is 0.839. The van der Waals surface area contributed by atoms with Gasteiger partial charge in [0, 0.05) is 0 Å². The first kappa shape index (κ1) is 13.1. The van der Waals surface area contributed by atoms with E-state index in [-0.39, 0.29) is 30.0 Å². The normalized spacial score (nSPS) is 15.5. The molecular formula is C13H15N3O3. The lowest BCUT2D eigenvalue weighted by Gasteiger charge is -2.14. The number of carbonyl (C=O) groups excluding carboxylic acids is 2. The average molecular weight is 261 g/mol. The van der Waals surface area contributed by atoms with Gasteiger partial charge >= 0.3 is 0 Å². The van der Waals surface area contributed by atoms with Gasteiger partial charge in [-0.1, -0.05) is 12.1 Å². The van der Waals surface area contributed by atoms with Crippen LogP contribution in [0.4, 0.5) is 0 Å². The molecule has 1 unspecified atom stereocenters. The van der Waals surface area contributed by atoms with Crippen LogP contribution in [0.1, 0.15) is 24.9 Å². The Balaban J connectivity index is 1.98. The van der Waals surface area contributed by atoms with E-state index in [1.807, 2.05) is 31.2 Å². The second-order valence-corrected chi connectivity index (χ2v) is 4.24. The molecule has 6 heteroatoms. The van der Waals surface area contributed by atoms with Crippen molar-refractivity contribution < 1.29 is 14.3 Å². The van der Waals surface area contributed by atoms with Crippen LogP contribution in [0.5, 0.6) is 5.75 Å². The Morgan fingerprint density at radius 3 is 2.63 bits per heavy atom. The molecule has 0 aliphatic carbocycles. The maximum absolute atomic E-state index is 11.8. The van der Waals surface area contributed by atoms with E-state index < -0.39 is 0 Å². The third-order valence-electron chi connectivity index (χ3n) is 2.87. The zero-order valence-electron chi connectivity index (χ0n) is 10.8. The van der Waals surface area contributed by atoms with E-state index in [1.165, 1.54) is 0 Å². The van der Waals surface area contributed by atoms with Gasteiger partial charge in [0.05, 0.1) is 19.6 Å². The summed E-state index contributed by atoms with van der Waals surface area (Å²) in [7, 11) is 1.60. The molecule has 1 atom stereocenters. The predicted octanol–water partition coefficient (Wildman–Crippen LogP) is 0.748. The number of ether oxygens (including phenoxy) is 1. The number of methoxy groups -OCH3 is 1. The van der Waals surface area contributed by atoms with Crippen molar-refractivity contribution in [3.8, 4) is 5.75 Å². The molecule has 6 nitrogen and oxygen atoms in total. The van der Waals surface area contributed by atoms with Crippen molar-refractivity contribution in [1.82, 2.24) is 10.7 Å². The van der Waals surface area contributed by atoms with Gasteiger partial charge in [-0.05, 0) is 24.6 Å². The van der Waals surface area contributed by atoms with Gasteiger partial charge in [0.2, 0.25) is 5.91 Å². The maximum atomic E-state index is 11.8. The first-order valence-electron chi connectivity index (χ1n) is 5.90. The molecule has 19 heavy (non-hydrogen) atoms. The fourth-order valence-corrected chi connectivity index (χ4v) is 1.75. The number of carbonyl (C=O) groups is 2. The van der Waals surface area contributed by atoms with Crippen LogP contribution in [-0.4, -0.2) is 24.6 Å². The smallest absolute Gasteiger partial charge is 0.268 e. The van der Waals surface area contributed by atoms with E-state index >= 15 is 0 Å². The van der Waals surface area contributed by atoms with Gasteiger partial charge in [-0.2, -0.15) is 5.10 Å². The molecule has 0 aromatic heterocycles. The average Bonchev–Trinajstić information content (AvgIpc) is 2.85. The molecule has 0 bridgehead atoms. The van der Waals surface area contributed by atoms with Crippen LogP contribution in [0.3, 0.4) is 0 Å². The summed E-state index contributed by atoms with van der Waals surface area (Å²) in [6.07, 6.45) is 0.0289. The molecule has 2 N–H and O–H groups in total. The lowest BCUT2D eigenvalue weighted by molar-refractivity contribution is -0.120. The number of amides is 2. The van der Waals surface area contributed by atoms with Crippen molar-refractivity contribution in [3.63, 3.8) is 0 Å². The van der Waals surface area contributed by atoms with E-state index in [1.54, 1.807) is 7.11 Å². The van der Waals surface area contributed by atoms with Gasteiger partial charge in [0.15, 0.2) is 0 Å². The standard InChI is InChI=1S/C13H15N3O3/c1-8(9-3-5-10(19-2)6-4-9)14-13(18)11-7-12(17)16-15-11/h3-6,8H,7H2,1-2H3,(H,14,18)(H,16,17). The Morgan fingerprint density at radius 1 is 1.42 bits per heavy atom. The number of hydrogen-bond acceptors (Lipinski definition) is 4. The summed E-state index contributed by atoms with van der Waals surface area (Å²) in [4.78, 5) is 22.8. The minimum atomic E-state index is -0.332. The Hall–Kier alpha value is -2.37. The molecule has 1 aromatic rings. The highest BCUT2D eigenvalue weighted by Crippen LogP contribution is 2.17. The van der Waals surface area contributed by atoms with Crippen molar-refractivity contribution in [1.29, 1.82) is 0 Å². The van der Waals surface area contributed by atoms with Gasteiger partial charge < -0.3 is 10.1 Å². The van der Waals surface area contributed by atoms with Crippen molar-refractivity contribution >= 4 is 17.5 Å². The van der Waals surface area contributed by atoms with E-state index in [0.717, 1.165) is 11.3 Å². The summed E-state index contributed by atoms with van der Waals surface area (Å²) in [5, 5.41) is 6.47. The van der Waals surface area contributed by atoms with E-state index in [9.17, 15) is 9.59 Å². The van der Waals surface area contributed by atoms with Crippen molar-refractivity contribution in [2.24, 2.45) is 5.10 Å². The van der Waals surface area contributed by atoms with Crippen molar-refractivity contribution in [2.75, 3.05) is 7.11 Å². The molecule has 1 aliphatic rings. The molecule has 2 amide bonds. The van der Waals surface area contributed by atoms with E-state index in [0.29, 0.717) is 0 Å². The second kappa shape index (κ2) is 5.51. The summed E-state index contributed by atoms with van der Waals surface area (Å²) >= 11 is 0. The predicted molar refractivity (Wildman–Crippen MR) is 69.7 cm³/mol. The first-order chi connectivity index (χ1) is 9.10. The Bertz CT molecular complexity index is 522. The zero-order valence-corrected chi connectivity index (χ0v) is 10.8. The number of nitrogens with one attached hydrogen (secondary N) is 2. The van der Waals surface area contributed by atoms with Crippen molar-refractivity contribution in [2.45, 2.75) is 19.4 Å². The zero-order chi connectivity index (χ0) is 13.8. The Labute approximate surface area is 110 Å². The van der Waals surface area contributed by atoms with Crippen LogP contribution >= 0.6 is 0 Å². The van der Waals surface area contributed by atoms with Crippen LogP contribution < -0.4 is 15.5 Å². The maximum Gasteiger partial charge on any atom is 0.268 e. The number of rotatable bonds is 4. The molecule has 0 spiro atoms. The molecule has 0 radical (unpaired) electrons. The summed E-state index contributed by atoms with van der Waals surface area (Å²) < 4.78 is 5.07. The Morgan fingerprint density at radius 2 is 2.11 bits per heavy atom. The van der Waals surface area contributed by atoms with E-state index in [2.05, 4.69) is 15.8 Å². The van der Waals surface area contributed by atoms with Crippen LogP contribution in [-0.2, 0) is 9.59 Å². The van der Waals surface area contributed by atoms with Crippen molar-refractivity contribution in [3.05, 3.63) is 29.8 Å². The lowest BCUT2D eigenvalue weighted by atomic mass is 10.1. The molecule has 1 aliphatic heterocycles. The van der Waals surface area contributed by atoms with Crippen LogP contribution in [0.25, 0.3) is 0 Å². The minimum absolute atomic E-state index is 0.0289. The molecule has 1 aromatic carbocycles. The molecule has 2 rings (SSSR count). The monoisotopic (exact) mass is 261 g/mol. The highest BCUT2D eigenvalue weighted by Gasteiger charge is 2.22. The Kier molecular flexibility index (Phi) is 3.79. The number of benzene rings is 1. The number of nitrogens with zero attached hydrogens (tertiary/aromatic N) is 1. The molecule has 0 saturated carbocycles. The number of hydrogen-bond donors (Lipinski definition) is 2. The second-order valence-electron chi connectivity index (χ2n) is 4.24. The molecule has 1 heterocycles. The van der Waals surface area contributed by atoms with Gasteiger partial charge in [0.25, 0.3) is 5.91 Å². The summed E-state index contributed by atoms with van der Waals surface area (Å²) in [5.41, 5.74) is 3.41. The summed E-state index contributed by atoms with van der Waals surface area (Å²) in [6, 6.07) is 7.25. The summed E-state index contributed by atoms with van der Waals surface area (Å²) in [6.45, 7) is 1.87. The fourth-order valence-electron chi connectivity index (χ4n) is 1.75. The van der Waals surface area contributed by atoms with Gasteiger partial charge in [0.1, 0.15) is 11.5 Å². The third kappa shape index (κ3) is 3.09. The molecule has 0 fully saturated rings. The van der Waals surface area contributed by atoms with E-state index in [4.69, 9.17) is 4.74 Å². The van der Waals surface area contributed by atoms with Crippen LogP contribution in [0, 0.1) is 0 Å². The fraction of sp³-hybridized carbons (Fsp3) is 0.308. The van der Waals surface area contributed by atoms with Gasteiger partial charge in [-0.15, -0.1) is 0 Å². The molecule has 0 saturated heterocycles. The third-order valence-corrected chi connectivity index (χ3v) is 2.87. The SMILES string of the molecule is COc1ccc(C(C)NC(=O)C2=NNC(=O)C2)cc1.